The molecule has 0 unspecified atom stereocenters. The molecule has 0 radical (unpaired) electrons. The summed E-state index contributed by atoms with van der Waals surface area (Å²) in [6.07, 6.45) is 0. The lowest BCUT2D eigenvalue weighted by atomic mass is 10.1. The summed E-state index contributed by atoms with van der Waals surface area (Å²) in [7, 11) is 1.58. The van der Waals surface area contributed by atoms with E-state index in [2.05, 4.69) is 10.1 Å². The second kappa shape index (κ2) is 5.50. The normalized spacial score (nSPS) is 10.6. The van der Waals surface area contributed by atoms with E-state index in [4.69, 9.17) is 19.7 Å². The molecule has 0 aliphatic carbocycles. The average Bonchev–Trinajstić information content (AvgIpc) is 2.84. The van der Waals surface area contributed by atoms with Gasteiger partial charge in [0.15, 0.2) is 5.82 Å². The molecule has 2 N–H and O–H groups in total. The summed E-state index contributed by atoms with van der Waals surface area (Å²) >= 11 is 0. The zero-order chi connectivity index (χ0) is 13.0. The van der Waals surface area contributed by atoms with Crippen LogP contribution in [0.2, 0.25) is 0 Å². The third-order valence-corrected chi connectivity index (χ3v) is 2.39. The SMILES string of the molecule is CCOCc1noc(-c2ccc(OC)cc2N)n1. The molecule has 1 aromatic carbocycles. The van der Waals surface area contributed by atoms with Gasteiger partial charge in [0.1, 0.15) is 12.4 Å². The Morgan fingerprint density at radius 2 is 2.22 bits per heavy atom. The molecule has 0 saturated heterocycles. The molecule has 2 rings (SSSR count). The Kier molecular flexibility index (Phi) is 3.78. The molecule has 1 heterocycles. The van der Waals surface area contributed by atoms with Crippen LogP contribution in [0.15, 0.2) is 22.7 Å². The van der Waals surface area contributed by atoms with Crippen LogP contribution in [0.3, 0.4) is 0 Å². The first kappa shape index (κ1) is 12.4. The van der Waals surface area contributed by atoms with Gasteiger partial charge < -0.3 is 19.7 Å². The standard InChI is InChI=1S/C12H15N3O3/c1-3-17-7-11-14-12(18-15-11)9-5-4-8(16-2)6-10(9)13/h4-6H,3,7,13H2,1-2H3. The van der Waals surface area contributed by atoms with Gasteiger partial charge in [-0.2, -0.15) is 4.98 Å². The number of aromatic nitrogens is 2. The van der Waals surface area contributed by atoms with Crippen molar-refractivity contribution in [1.29, 1.82) is 0 Å². The molecular formula is C12H15N3O3. The second-order valence-electron chi connectivity index (χ2n) is 3.61. The van der Waals surface area contributed by atoms with Crippen LogP contribution in [0.5, 0.6) is 5.75 Å². The van der Waals surface area contributed by atoms with E-state index in [1.807, 2.05) is 6.92 Å². The number of benzene rings is 1. The first-order valence-electron chi connectivity index (χ1n) is 5.58. The number of hydrogen-bond donors (Lipinski definition) is 1. The predicted molar refractivity (Wildman–Crippen MR) is 66.0 cm³/mol. The van der Waals surface area contributed by atoms with E-state index < -0.39 is 0 Å². The molecule has 0 fully saturated rings. The predicted octanol–water partition coefficient (Wildman–Crippen LogP) is 1.86. The van der Waals surface area contributed by atoms with Gasteiger partial charge in [-0.15, -0.1) is 0 Å². The number of nitrogens with zero attached hydrogens (tertiary/aromatic N) is 2. The molecule has 0 saturated carbocycles. The molecular weight excluding hydrogens is 234 g/mol. The first-order chi connectivity index (χ1) is 8.74. The smallest absolute Gasteiger partial charge is 0.260 e. The summed E-state index contributed by atoms with van der Waals surface area (Å²) in [5, 5.41) is 3.82. The highest BCUT2D eigenvalue weighted by Crippen LogP contribution is 2.28. The molecule has 0 aliphatic heterocycles. The van der Waals surface area contributed by atoms with Crippen LogP contribution < -0.4 is 10.5 Å². The van der Waals surface area contributed by atoms with E-state index in [9.17, 15) is 0 Å². The van der Waals surface area contributed by atoms with Gasteiger partial charge in [-0.3, -0.25) is 0 Å². The zero-order valence-electron chi connectivity index (χ0n) is 10.3. The van der Waals surface area contributed by atoms with Gasteiger partial charge in [0, 0.05) is 18.4 Å². The van der Waals surface area contributed by atoms with Gasteiger partial charge in [-0.05, 0) is 19.1 Å². The largest absolute Gasteiger partial charge is 0.497 e. The van der Waals surface area contributed by atoms with E-state index in [-0.39, 0.29) is 0 Å². The maximum absolute atomic E-state index is 5.90. The summed E-state index contributed by atoms with van der Waals surface area (Å²) in [6.45, 7) is 2.84. The number of nitrogens with two attached hydrogens (primary N) is 1. The van der Waals surface area contributed by atoms with E-state index >= 15 is 0 Å². The van der Waals surface area contributed by atoms with E-state index in [0.717, 1.165) is 0 Å². The van der Waals surface area contributed by atoms with Crippen molar-refractivity contribution in [2.45, 2.75) is 13.5 Å². The van der Waals surface area contributed by atoms with Crippen LogP contribution in [0, 0.1) is 0 Å². The summed E-state index contributed by atoms with van der Waals surface area (Å²) < 4.78 is 15.4. The molecule has 1 aromatic heterocycles. The highest BCUT2D eigenvalue weighted by atomic mass is 16.5. The van der Waals surface area contributed by atoms with Crippen LogP contribution in [0.25, 0.3) is 11.5 Å². The molecule has 6 nitrogen and oxygen atoms in total. The lowest BCUT2D eigenvalue weighted by Crippen LogP contribution is -1.94. The maximum atomic E-state index is 5.90. The lowest BCUT2D eigenvalue weighted by Gasteiger charge is -2.03. The molecule has 0 bridgehead atoms. The third-order valence-electron chi connectivity index (χ3n) is 2.39. The van der Waals surface area contributed by atoms with Crippen LogP contribution in [0.1, 0.15) is 12.7 Å². The summed E-state index contributed by atoms with van der Waals surface area (Å²) in [4.78, 5) is 4.21. The van der Waals surface area contributed by atoms with Crippen molar-refractivity contribution in [3.8, 4) is 17.2 Å². The Bertz CT molecular complexity index is 525. The van der Waals surface area contributed by atoms with E-state index in [1.165, 1.54) is 0 Å². The fourth-order valence-corrected chi connectivity index (χ4v) is 1.48. The van der Waals surface area contributed by atoms with Crippen molar-refractivity contribution >= 4 is 5.69 Å². The minimum atomic E-state index is 0.329. The summed E-state index contributed by atoms with van der Waals surface area (Å²) in [5.74, 6) is 1.57. The molecule has 96 valence electrons. The van der Waals surface area contributed by atoms with Crippen LogP contribution in [-0.2, 0) is 11.3 Å². The highest BCUT2D eigenvalue weighted by molar-refractivity contribution is 5.71. The lowest BCUT2D eigenvalue weighted by molar-refractivity contribution is 0.126. The quantitative estimate of drug-likeness (QED) is 0.814. The maximum Gasteiger partial charge on any atom is 0.260 e. The number of nitrogen functional groups attached to an aromatic ring is 1. The topological polar surface area (TPSA) is 83.4 Å². The molecule has 2 aromatic rings. The van der Waals surface area contributed by atoms with Gasteiger partial charge in [-0.25, -0.2) is 0 Å². The van der Waals surface area contributed by atoms with Crippen molar-refractivity contribution in [1.82, 2.24) is 10.1 Å². The minimum absolute atomic E-state index is 0.329. The Labute approximate surface area is 105 Å². The van der Waals surface area contributed by atoms with Gasteiger partial charge >= 0.3 is 0 Å². The Morgan fingerprint density at radius 3 is 2.89 bits per heavy atom. The third kappa shape index (κ3) is 2.60. The van der Waals surface area contributed by atoms with Crippen molar-refractivity contribution in [3.05, 3.63) is 24.0 Å². The molecule has 0 aliphatic rings. The molecule has 0 spiro atoms. The number of methoxy groups -OCH3 is 1. The van der Waals surface area contributed by atoms with Crippen LogP contribution >= 0.6 is 0 Å². The van der Waals surface area contributed by atoms with Gasteiger partial charge in [0.25, 0.3) is 5.89 Å². The van der Waals surface area contributed by atoms with Crippen molar-refractivity contribution in [2.24, 2.45) is 0 Å². The number of rotatable bonds is 5. The molecule has 0 atom stereocenters. The Morgan fingerprint density at radius 1 is 1.39 bits per heavy atom. The second-order valence-corrected chi connectivity index (χ2v) is 3.61. The monoisotopic (exact) mass is 249 g/mol. The van der Waals surface area contributed by atoms with Gasteiger partial charge in [-0.1, -0.05) is 5.16 Å². The Hall–Kier alpha value is -2.08. The number of ether oxygens (including phenoxy) is 2. The summed E-state index contributed by atoms with van der Waals surface area (Å²) in [5.41, 5.74) is 7.11. The van der Waals surface area contributed by atoms with Crippen molar-refractivity contribution in [2.75, 3.05) is 19.5 Å². The average molecular weight is 249 g/mol. The summed E-state index contributed by atoms with van der Waals surface area (Å²) in [6, 6.07) is 5.28. The van der Waals surface area contributed by atoms with Crippen LogP contribution in [0.4, 0.5) is 5.69 Å². The molecule has 18 heavy (non-hydrogen) atoms. The minimum Gasteiger partial charge on any atom is -0.497 e. The highest BCUT2D eigenvalue weighted by Gasteiger charge is 2.12. The van der Waals surface area contributed by atoms with Crippen LogP contribution in [-0.4, -0.2) is 23.9 Å². The van der Waals surface area contributed by atoms with E-state index in [1.54, 1.807) is 25.3 Å². The van der Waals surface area contributed by atoms with Gasteiger partial charge in [0.2, 0.25) is 0 Å². The number of hydrogen-bond acceptors (Lipinski definition) is 6. The van der Waals surface area contributed by atoms with Gasteiger partial charge in [0.05, 0.1) is 12.7 Å². The van der Waals surface area contributed by atoms with E-state index in [0.29, 0.717) is 41.9 Å². The zero-order valence-corrected chi connectivity index (χ0v) is 10.3. The number of anilines is 1. The Balaban J connectivity index is 2.23. The fourth-order valence-electron chi connectivity index (χ4n) is 1.48. The molecule has 0 amide bonds. The fraction of sp³-hybridized carbons (Fsp3) is 0.333. The van der Waals surface area contributed by atoms with Crippen molar-refractivity contribution in [3.63, 3.8) is 0 Å². The van der Waals surface area contributed by atoms with Crippen molar-refractivity contribution < 1.29 is 14.0 Å². The first-order valence-corrected chi connectivity index (χ1v) is 5.58. The molecule has 6 heteroatoms.